The molecule has 158 valence electrons. The fourth-order valence-electron chi connectivity index (χ4n) is 2.94. The number of ether oxygens (including phenoxy) is 2. The molecule has 5 nitrogen and oxygen atoms in total. The molecule has 2 rings (SSSR count). The zero-order valence-electron chi connectivity index (χ0n) is 17.1. The molecule has 1 aromatic carbocycles. The Kier molecular flexibility index (Phi) is 9.81. The zero-order chi connectivity index (χ0) is 21.1. The maximum Gasteiger partial charge on any atom is 0.227 e. The maximum atomic E-state index is 12.2. The van der Waals surface area contributed by atoms with E-state index >= 15 is 0 Å². The van der Waals surface area contributed by atoms with Crippen LogP contribution in [0.1, 0.15) is 56.6 Å². The van der Waals surface area contributed by atoms with Gasteiger partial charge in [0.05, 0.1) is 13.2 Å². The van der Waals surface area contributed by atoms with Crippen molar-refractivity contribution in [3.8, 4) is 11.5 Å². The van der Waals surface area contributed by atoms with E-state index in [-0.39, 0.29) is 23.5 Å². The lowest BCUT2D eigenvalue weighted by molar-refractivity contribution is 0.234. The molecule has 0 radical (unpaired) electrons. The van der Waals surface area contributed by atoms with Gasteiger partial charge in [-0.05, 0) is 50.8 Å². The van der Waals surface area contributed by atoms with E-state index < -0.39 is 0 Å². The summed E-state index contributed by atoms with van der Waals surface area (Å²) >= 11 is 6.27. The minimum Gasteiger partial charge on any atom is -0.493 e. The van der Waals surface area contributed by atoms with Gasteiger partial charge in [0.25, 0.3) is 0 Å². The average molecular weight is 421 g/mol. The molecule has 0 bridgehead atoms. The minimum absolute atomic E-state index is 0.180. The molecular weight excluding hydrogens is 392 g/mol. The van der Waals surface area contributed by atoms with Crippen molar-refractivity contribution in [2.24, 2.45) is 0 Å². The quantitative estimate of drug-likeness (QED) is 0.465. The molecule has 0 aliphatic carbocycles. The maximum absolute atomic E-state index is 12.2. The highest BCUT2D eigenvalue weighted by molar-refractivity contribution is 6.31. The van der Waals surface area contributed by atoms with Crippen LogP contribution in [0, 0.1) is 0 Å². The zero-order valence-corrected chi connectivity index (χ0v) is 17.8. The van der Waals surface area contributed by atoms with Crippen molar-refractivity contribution in [1.29, 1.82) is 0 Å². The summed E-state index contributed by atoms with van der Waals surface area (Å²) in [6.45, 7) is 4.63. The number of halogens is 1. The third-order valence-electron chi connectivity index (χ3n) is 4.32. The van der Waals surface area contributed by atoms with Crippen LogP contribution in [0.25, 0.3) is 6.08 Å². The third-order valence-corrected chi connectivity index (χ3v) is 4.68. The molecule has 0 fully saturated rings. The van der Waals surface area contributed by atoms with Gasteiger partial charge in [0.15, 0.2) is 5.76 Å². The third kappa shape index (κ3) is 6.94. The van der Waals surface area contributed by atoms with Crippen LogP contribution < -0.4 is 14.9 Å². The summed E-state index contributed by atoms with van der Waals surface area (Å²) in [6.07, 6.45) is 7.89. The van der Waals surface area contributed by atoms with Gasteiger partial charge >= 0.3 is 0 Å². The molecule has 2 aromatic rings. The second-order valence-electron chi connectivity index (χ2n) is 6.65. The Labute approximate surface area is 176 Å². The fraction of sp³-hybridized carbons (Fsp3) is 0.435. The van der Waals surface area contributed by atoms with E-state index in [9.17, 15) is 4.79 Å². The van der Waals surface area contributed by atoms with E-state index in [4.69, 9.17) is 30.6 Å². The standard InChI is InChI=1S/C23H29ClO5/c1-3-9-18-19(24)11-8-12-21(18)27-13-6-5-7-14-28-23-20(26)15-17(16-25)29-22(23)10-4-2/h4,8,10-12,15,25H,3,5-7,9,13-14,16H2,1-2H3/b10-4+. The molecule has 0 amide bonds. The van der Waals surface area contributed by atoms with Gasteiger partial charge in [0.1, 0.15) is 18.1 Å². The van der Waals surface area contributed by atoms with E-state index in [1.165, 1.54) is 6.07 Å². The first-order chi connectivity index (χ1) is 14.1. The van der Waals surface area contributed by atoms with Gasteiger partial charge in [0.2, 0.25) is 11.2 Å². The van der Waals surface area contributed by atoms with Crippen molar-refractivity contribution in [1.82, 2.24) is 0 Å². The predicted octanol–water partition coefficient (Wildman–Crippen LogP) is 5.40. The summed E-state index contributed by atoms with van der Waals surface area (Å²) < 4.78 is 17.0. The van der Waals surface area contributed by atoms with Crippen LogP contribution in [0.15, 0.2) is 39.6 Å². The molecule has 29 heavy (non-hydrogen) atoms. The van der Waals surface area contributed by atoms with Crippen molar-refractivity contribution in [2.45, 2.75) is 52.6 Å². The molecule has 1 N–H and O–H groups in total. The molecule has 6 heteroatoms. The Bertz CT molecular complexity index is 857. The van der Waals surface area contributed by atoms with Crippen molar-refractivity contribution < 1.29 is 19.0 Å². The van der Waals surface area contributed by atoms with Gasteiger partial charge in [-0.1, -0.05) is 37.1 Å². The van der Waals surface area contributed by atoms with Gasteiger partial charge in [0, 0.05) is 16.7 Å². The van der Waals surface area contributed by atoms with Crippen molar-refractivity contribution in [3.05, 3.63) is 62.7 Å². The molecule has 0 saturated heterocycles. The number of aliphatic hydroxyl groups is 1. The van der Waals surface area contributed by atoms with E-state index in [2.05, 4.69) is 6.92 Å². The van der Waals surface area contributed by atoms with Crippen molar-refractivity contribution >= 4 is 17.7 Å². The van der Waals surface area contributed by atoms with Gasteiger partial charge < -0.3 is 19.0 Å². The minimum atomic E-state index is -0.327. The number of aliphatic hydroxyl groups excluding tert-OH is 1. The first-order valence-electron chi connectivity index (χ1n) is 10.0. The molecule has 1 aromatic heterocycles. The summed E-state index contributed by atoms with van der Waals surface area (Å²) in [4.78, 5) is 12.2. The van der Waals surface area contributed by atoms with E-state index in [1.54, 1.807) is 12.2 Å². The normalized spacial score (nSPS) is 11.2. The molecule has 0 aliphatic heterocycles. The first-order valence-corrected chi connectivity index (χ1v) is 10.4. The lowest BCUT2D eigenvalue weighted by Gasteiger charge is -2.12. The summed E-state index contributed by atoms with van der Waals surface area (Å²) in [5, 5.41) is 9.92. The van der Waals surface area contributed by atoms with E-state index in [0.717, 1.165) is 48.4 Å². The highest BCUT2D eigenvalue weighted by Gasteiger charge is 2.11. The number of benzene rings is 1. The van der Waals surface area contributed by atoms with Crippen LogP contribution in [0.4, 0.5) is 0 Å². The van der Waals surface area contributed by atoms with Crippen LogP contribution in [0.2, 0.25) is 5.02 Å². The van der Waals surface area contributed by atoms with Gasteiger partial charge in [-0.15, -0.1) is 0 Å². The van der Waals surface area contributed by atoms with Crippen LogP contribution in [-0.4, -0.2) is 18.3 Å². The molecule has 0 saturated carbocycles. The number of rotatable bonds is 12. The number of unbranched alkanes of at least 4 members (excludes halogenated alkanes) is 2. The summed E-state index contributed by atoms with van der Waals surface area (Å²) in [7, 11) is 0. The highest BCUT2D eigenvalue weighted by Crippen LogP contribution is 2.28. The Morgan fingerprint density at radius 3 is 2.62 bits per heavy atom. The number of hydrogen-bond donors (Lipinski definition) is 1. The Hall–Kier alpha value is -2.24. The van der Waals surface area contributed by atoms with E-state index in [0.29, 0.717) is 19.0 Å². The van der Waals surface area contributed by atoms with E-state index in [1.807, 2.05) is 25.1 Å². The molecular formula is C23H29ClO5. The number of hydrogen-bond acceptors (Lipinski definition) is 5. The summed E-state index contributed by atoms with van der Waals surface area (Å²) in [5.41, 5.74) is 0.774. The molecule has 0 aliphatic rings. The molecule has 1 heterocycles. The molecule has 0 unspecified atom stereocenters. The number of allylic oxidation sites excluding steroid dienone is 1. The second kappa shape index (κ2) is 12.3. The average Bonchev–Trinajstić information content (AvgIpc) is 2.71. The van der Waals surface area contributed by atoms with Gasteiger partial charge in [-0.3, -0.25) is 4.79 Å². The van der Waals surface area contributed by atoms with Crippen molar-refractivity contribution in [2.75, 3.05) is 13.2 Å². The Morgan fingerprint density at radius 2 is 1.93 bits per heavy atom. The fourth-order valence-corrected chi connectivity index (χ4v) is 3.20. The second-order valence-corrected chi connectivity index (χ2v) is 7.06. The van der Waals surface area contributed by atoms with Gasteiger partial charge in [-0.2, -0.15) is 0 Å². The van der Waals surface area contributed by atoms with Gasteiger partial charge in [-0.25, -0.2) is 0 Å². The van der Waals surface area contributed by atoms with Crippen LogP contribution in [0.5, 0.6) is 11.5 Å². The lowest BCUT2D eigenvalue weighted by Crippen LogP contribution is -2.11. The highest BCUT2D eigenvalue weighted by atomic mass is 35.5. The predicted molar refractivity (Wildman–Crippen MR) is 116 cm³/mol. The SMILES string of the molecule is C/C=C/c1oc(CO)cc(=O)c1OCCCCCOc1cccc(Cl)c1CCC. The summed E-state index contributed by atoms with van der Waals surface area (Å²) in [6, 6.07) is 7.01. The van der Waals surface area contributed by atoms with Crippen LogP contribution in [-0.2, 0) is 13.0 Å². The lowest BCUT2D eigenvalue weighted by atomic mass is 10.1. The first kappa shape index (κ1) is 23.0. The monoisotopic (exact) mass is 420 g/mol. The molecule has 0 atom stereocenters. The van der Waals surface area contributed by atoms with Crippen LogP contribution in [0.3, 0.4) is 0 Å². The largest absolute Gasteiger partial charge is 0.493 e. The van der Waals surface area contributed by atoms with Crippen LogP contribution >= 0.6 is 11.6 Å². The topological polar surface area (TPSA) is 68.9 Å². The smallest absolute Gasteiger partial charge is 0.227 e. The Balaban J connectivity index is 1.79. The molecule has 0 spiro atoms. The summed E-state index contributed by atoms with van der Waals surface area (Å²) in [5.74, 6) is 1.58. The van der Waals surface area contributed by atoms with Crippen molar-refractivity contribution in [3.63, 3.8) is 0 Å². The Morgan fingerprint density at radius 1 is 1.17 bits per heavy atom.